The van der Waals surface area contributed by atoms with Gasteiger partial charge in [-0.25, -0.2) is 0 Å². The summed E-state index contributed by atoms with van der Waals surface area (Å²) in [6.45, 7) is 2.09. The molecular weight excluding hydrogens is 338 g/mol. The van der Waals surface area contributed by atoms with Crippen LogP contribution >= 0.6 is 0 Å². The molecule has 1 heterocycles. The second-order valence-corrected chi connectivity index (χ2v) is 7.43. The van der Waals surface area contributed by atoms with Gasteiger partial charge in [-0.2, -0.15) is 0 Å². The largest absolute Gasteiger partial charge is 0.497 e. The molecule has 1 N–H and O–H groups in total. The average molecular weight is 363 g/mol. The zero-order valence-electron chi connectivity index (χ0n) is 15.8. The van der Waals surface area contributed by atoms with Crippen LogP contribution in [0, 0.1) is 12.8 Å². The fourth-order valence-corrected chi connectivity index (χ4v) is 3.99. The van der Waals surface area contributed by atoms with E-state index >= 15 is 0 Å². The molecule has 0 amide bonds. The molecule has 1 aliphatic carbocycles. The number of ketones is 1. The molecule has 140 valence electrons. The first-order valence-electron chi connectivity index (χ1n) is 9.51. The van der Waals surface area contributed by atoms with Crippen molar-refractivity contribution >= 4 is 17.0 Å². The van der Waals surface area contributed by atoms with Gasteiger partial charge in [0.2, 0.25) is 0 Å². The van der Waals surface area contributed by atoms with Gasteiger partial charge in [0, 0.05) is 18.2 Å². The average Bonchev–Trinajstić information content (AvgIpc) is 2.70. The summed E-state index contributed by atoms with van der Waals surface area (Å²) in [4.78, 5) is 13.0. The molecule has 2 aromatic carbocycles. The maximum atomic E-state index is 13.0. The van der Waals surface area contributed by atoms with Crippen molar-refractivity contribution in [2.75, 3.05) is 12.4 Å². The van der Waals surface area contributed by atoms with Gasteiger partial charge in [-0.3, -0.25) is 4.79 Å². The number of carbonyl (C=O) groups is 1. The van der Waals surface area contributed by atoms with Gasteiger partial charge in [0.15, 0.2) is 5.78 Å². The summed E-state index contributed by atoms with van der Waals surface area (Å²) in [5.41, 5.74) is 3.94. The third-order valence-electron chi connectivity index (χ3n) is 5.58. The highest BCUT2D eigenvalue weighted by Gasteiger charge is 2.40. The molecule has 0 bridgehead atoms. The standard InChI is InChI=1S/C23H25NO3/c1-15-3-7-17(8-4-15)24-18-9-12-20-22(13-18)27-14-21(23(20)25)16-5-10-19(26-2)11-6-16/h3-8,10-11,14,18,20,22,24H,9,12-13H2,1-2H3. The summed E-state index contributed by atoms with van der Waals surface area (Å²) in [6, 6.07) is 16.3. The number of methoxy groups -OCH3 is 1. The number of carbonyl (C=O) groups excluding carboxylic acids is 1. The van der Waals surface area contributed by atoms with Crippen LogP contribution in [0.15, 0.2) is 54.8 Å². The molecule has 3 unspecified atom stereocenters. The van der Waals surface area contributed by atoms with Crippen molar-refractivity contribution in [3.8, 4) is 5.75 Å². The van der Waals surface area contributed by atoms with Gasteiger partial charge in [-0.1, -0.05) is 29.8 Å². The summed E-state index contributed by atoms with van der Waals surface area (Å²) < 4.78 is 11.2. The molecule has 2 aliphatic rings. The zero-order chi connectivity index (χ0) is 18.8. The Morgan fingerprint density at radius 3 is 2.48 bits per heavy atom. The minimum absolute atomic E-state index is 0.0452. The molecule has 1 fully saturated rings. The molecule has 4 rings (SSSR count). The second kappa shape index (κ2) is 7.47. The van der Waals surface area contributed by atoms with Gasteiger partial charge >= 0.3 is 0 Å². The van der Waals surface area contributed by atoms with Gasteiger partial charge < -0.3 is 14.8 Å². The van der Waals surface area contributed by atoms with Crippen LogP contribution in [0.4, 0.5) is 5.69 Å². The maximum Gasteiger partial charge on any atom is 0.173 e. The third-order valence-corrected chi connectivity index (χ3v) is 5.58. The van der Waals surface area contributed by atoms with Crippen LogP contribution < -0.4 is 10.1 Å². The summed E-state index contributed by atoms with van der Waals surface area (Å²) in [7, 11) is 1.64. The topological polar surface area (TPSA) is 47.6 Å². The fourth-order valence-electron chi connectivity index (χ4n) is 3.99. The number of anilines is 1. The first-order chi connectivity index (χ1) is 13.1. The van der Waals surface area contributed by atoms with E-state index in [9.17, 15) is 4.79 Å². The van der Waals surface area contributed by atoms with Crippen molar-refractivity contribution < 1.29 is 14.3 Å². The van der Waals surface area contributed by atoms with E-state index in [0.717, 1.165) is 36.3 Å². The smallest absolute Gasteiger partial charge is 0.173 e. The number of nitrogens with one attached hydrogen (secondary N) is 1. The summed E-state index contributed by atoms with van der Waals surface area (Å²) >= 11 is 0. The van der Waals surface area contributed by atoms with E-state index in [0.29, 0.717) is 11.6 Å². The molecule has 0 radical (unpaired) electrons. The number of allylic oxidation sites excluding steroid dienone is 1. The lowest BCUT2D eigenvalue weighted by atomic mass is 9.77. The van der Waals surface area contributed by atoms with Crippen LogP contribution in [0.5, 0.6) is 5.75 Å². The Morgan fingerprint density at radius 2 is 1.78 bits per heavy atom. The van der Waals surface area contributed by atoms with E-state index in [1.54, 1.807) is 13.4 Å². The predicted octanol–water partition coefficient (Wildman–Crippen LogP) is 4.59. The van der Waals surface area contributed by atoms with Gasteiger partial charge in [0.1, 0.15) is 11.9 Å². The minimum atomic E-state index is -0.0526. The number of Topliss-reactive ketones (excluding diaryl/α,β-unsaturated/α-hetero) is 1. The Hall–Kier alpha value is -2.75. The lowest BCUT2D eigenvalue weighted by molar-refractivity contribution is -0.124. The first kappa shape index (κ1) is 17.7. The normalized spacial score (nSPS) is 24.4. The number of ether oxygens (including phenoxy) is 2. The minimum Gasteiger partial charge on any atom is -0.497 e. The predicted molar refractivity (Wildman–Crippen MR) is 107 cm³/mol. The summed E-state index contributed by atoms with van der Waals surface area (Å²) in [5, 5.41) is 3.59. The Kier molecular flexibility index (Phi) is 4.88. The number of fused-ring (bicyclic) bond motifs is 1. The van der Waals surface area contributed by atoms with Crippen molar-refractivity contribution in [3.63, 3.8) is 0 Å². The van der Waals surface area contributed by atoms with Crippen molar-refractivity contribution in [1.82, 2.24) is 0 Å². The van der Waals surface area contributed by atoms with E-state index in [-0.39, 0.29) is 17.8 Å². The molecule has 4 nitrogen and oxygen atoms in total. The van der Waals surface area contributed by atoms with Crippen molar-refractivity contribution in [1.29, 1.82) is 0 Å². The monoisotopic (exact) mass is 363 g/mol. The molecule has 4 heteroatoms. The number of rotatable bonds is 4. The quantitative estimate of drug-likeness (QED) is 0.863. The molecule has 0 aromatic heterocycles. The van der Waals surface area contributed by atoms with Crippen LogP contribution in [0.2, 0.25) is 0 Å². The van der Waals surface area contributed by atoms with Crippen LogP contribution in [0.25, 0.3) is 5.57 Å². The van der Waals surface area contributed by atoms with Gasteiger partial charge in [-0.15, -0.1) is 0 Å². The van der Waals surface area contributed by atoms with Gasteiger partial charge in [0.05, 0.1) is 24.9 Å². The van der Waals surface area contributed by atoms with Crippen molar-refractivity contribution in [2.45, 2.75) is 38.3 Å². The molecule has 0 saturated heterocycles. The van der Waals surface area contributed by atoms with Gasteiger partial charge in [-0.05, 0) is 49.6 Å². The third kappa shape index (κ3) is 3.70. The highest BCUT2D eigenvalue weighted by Crippen LogP contribution is 2.37. The number of hydrogen-bond donors (Lipinski definition) is 1. The highest BCUT2D eigenvalue weighted by molar-refractivity contribution is 6.22. The Morgan fingerprint density at radius 1 is 1.04 bits per heavy atom. The van der Waals surface area contributed by atoms with E-state index in [4.69, 9.17) is 9.47 Å². The van der Waals surface area contributed by atoms with E-state index < -0.39 is 0 Å². The SMILES string of the molecule is COc1ccc(C2=COC3CC(Nc4ccc(C)cc4)CCC3C2=O)cc1. The lowest BCUT2D eigenvalue weighted by Crippen LogP contribution is -2.42. The molecule has 27 heavy (non-hydrogen) atoms. The Labute approximate surface area is 160 Å². The number of hydrogen-bond acceptors (Lipinski definition) is 4. The van der Waals surface area contributed by atoms with E-state index in [1.807, 2.05) is 24.3 Å². The van der Waals surface area contributed by atoms with Crippen LogP contribution in [-0.2, 0) is 9.53 Å². The van der Waals surface area contributed by atoms with E-state index in [1.165, 1.54) is 5.56 Å². The summed E-state index contributed by atoms with van der Waals surface area (Å²) in [5.74, 6) is 0.928. The van der Waals surface area contributed by atoms with Crippen LogP contribution in [-0.4, -0.2) is 25.0 Å². The Bertz CT molecular complexity index is 839. The number of aryl methyl sites for hydroxylation is 1. The maximum absolute atomic E-state index is 13.0. The fraction of sp³-hybridized carbons (Fsp3) is 0.348. The van der Waals surface area contributed by atoms with Crippen LogP contribution in [0.3, 0.4) is 0 Å². The second-order valence-electron chi connectivity index (χ2n) is 7.43. The van der Waals surface area contributed by atoms with Crippen molar-refractivity contribution in [3.05, 3.63) is 65.9 Å². The molecular formula is C23H25NO3. The van der Waals surface area contributed by atoms with Crippen LogP contribution in [0.1, 0.15) is 30.4 Å². The number of benzene rings is 2. The lowest BCUT2D eigenvalue weighted by Gasteiger charge is -2.38. The molecule has 2 aromatic rings. The molecule has 0 spiro atoms. The van der Waals surface area contributed by atoms with Gasteiger partial charge in [0.25, 0.3) is 0 Å². The van der Waals surface area contributed by atoms with Crippen molar-refractivity contribution in [2.24, 2.45) is 5.92 Å². The zero-order valence-corrected chi connectivity index (χ0v) is 15.8. The molecule has 1 saturated carbocycles. The molecule has 1 aliphatic heterocycles. The Balaban J connectivity index is 1.44. The highest BCUT2D eigenvalue weighted by atomic mass is 16.5. The first-order valence-corrected chi connectivity index (χ1v) is 9.51. The summed E-state index contributed by atoms with van der Waals surface area (Å²) in [6.07, 6.45) is 4.27. The molecule has 3 atom stereocenters. The van der Waals surface area contributed by atoms with E-state index in [2.05, 4.69) is 36.5 Å².